The predicted molar refractivity (Wildman–Crippen MR) is 243 cm³/mol. The van der Waals surface area contributed by atoms with Crippen molar-refractivity contribution in [3.63, 3.8) is 0 Å². The van der Waals surface area contributed by atoms with Crippen LogP contribution in [0.2, 0.25) is 0 Å². The molecule has 66 heavy (non-hydrogen) atoms. The number of methoxy groups -OCH3 is 4. The molecule has 0 spiro atoms. The molecule has 0 saturated carbocycles. The topological polar surface area (TPSA) is 89.5 Å². The Morgan fingerprint density at radius 3 is 1.33 bits per heavy atom. The van der Waals surface area contributed by atoms with Crippen molar-refractivity contribution in [1.29, 1.82) is 0 Å². The lowest BCUT2D eigenvalue weighted by Crippen LogP contribution is -3.00. The first-order chi connectivity index (χ1) is 30.8. The Morgan fingerprint density at radius 2 is 0.970 bits per heavy atom. The molecular formula is C52H66Cl2F2N2O8. The number of carbonyl (C=O) groups is 2. The SMILES string of the molecule is COc1cc2c(cc1OC)[C@H](Cc1cccc(F)c1)C[N@@+](C)(CCCOC(=O)CC/C=C/CCC(=O)OCCC[N@+]1(C)Cc3cc(OC)c(OC)cc3[C@@H](Cc3cccc(F)c3)C1)C2.[Cl-].[Cl-]. The second-order valence-corrected chi connectivity index (χ2v) is 17.9. The van der Waals surface area contributed by atoms with Crippen LogP contribution >= 0.6 is 0 Å². The molecule has 4 aromatic carbocycles. The number of hydrogen-bond donors (Lipinski definition) is 0. The van der Waals surface area contributed by atoms with Crippen molar-refractivity contribution in [2.24, 2.45) is 0 Å². The van der Waals surface area contributed by atoms with Gasteiger partial charge in [0.15, 0.2) is 23.0 Å². The molecule has 4 aromatic rings. The highest BCUT2D eigenvalue weighted by atomic mass is 35.5. The number of allylic oxidation sites excluding steroid dienone is 2. The van der Waals surface area contributed by atoms with Crippen LogP contribution in [0.3, 0.4) is 0 Å². The maximum atomic E-state index is 14.1. The summed E-state index contributed by atoms with van der Waals surface area (Å²) in [5, 5.41) is 0. The largest absolute Gasteiger partial charge is 1.00 e. The molecular weight excluding hydrogens is 889 g/mol. The summed E-state index contributed by atoms with van der Waals surface area (Å²) in [6.45, 7) is 5.59. The molecule has 0 aliphatic carbocycles. The molecule has 0 amide bonds. The molecule has 0 bridgehead atoms. The zero-order chi connectivity index (χ0) is 45.7. The van der Waals surface area contributed by atoms with Crippen molar-refractivity contribution < 1.29 is 80.6 Å². The number of carbonyl (C=O) groups excluding carboxylic acids is 2. The van der Waals surface area contributed by atoms with Gasteiger partial charge in [-0.25, -0.2) is 8.78 Å². The number of benzene rings is 4. The molecule has 14 heteroatoms. The number of likely N-dealkylation sites (N-methyl/N-ethyl adjacent to an activating group) is 2. The molecule has 0 fully saturated rings. The lowest BCUT2D eigenvalue weighted by Gasteiger charge is -2.43. The molecule has 2 heterocycles. The highest BCUT2D eigenvalue weighted by molar-refractivity contribution is 5.70. The third kappa shape index (κ3) is 14.8. The quantitative estimate of drug-likeness (QED) is 0.0515. The van der Waals surface area contributed by atoms with E-state index in [1.807, 2.05) is 24.3 Å². The second-order valence-electron chi connectivity index (χ2n) is 17.9. The van der Waals surface area contributed by atoms with E-state index in [4.69, 9.17) is 28.4 Å². The van der Waals surface area contributed by atoms with Gasteiger partial charge in [0.2, 0.25) is 0 Å². The smallest absolute Gasteiger partial charge is 0.306 e. The van der Waals surface area contributed by atoms with Crippen molar-refractivity contribution in [2.75, 3.05) is 81.9 Å². The van der Waals surface area contributed by atoms with Crippen LogP contribution in [0.15, 0.2) is 84.9 Å². The third-order valence-corrected chi connectivity index (χ3v) is 12.7. The Kier molecular flexibility index (Phi) is 20.6. The Hall–Kier alpha value is -4.88. The molecule has 0 N–H and O–H groups in total. The lowest BCUT2D eigenvalue weighted by atomic mass is 9.83. The van der Waals surface area contributed by atoms with Crippen LogP contribution < -0.4 is 43.8 Å². The molecule has 0 aromatic heterocycles. The summed E-state index contributed by atoms with van der Waals surface area (Å²) in [6.07, 6.45) is 8.25. The van der Waals surface area contributed by atoms with E-state index in [1.165, 1.54) is 34.4 Å². The third-order valence-electron chi connectivity index (χ3n) is 12.7. The first-order valence-corrected chi connectivity index (χ1v) is 22.4. The summed E-state index contributed by atoms with van der Waals surface area (Å²) in [5.74, 6) is 2.05. The van der Waals surface area contributed by atoms with Gasteiger partial charge >= 0.3 is 11.9 Å². The van der Waals surface area contributed by atoms with Crippen LogP contribution in [0, 0.1) is 11.6 Å². The Bertz CT molecular complexity index is 2110. The molecule has 0 unspecified atom stereocenters. The number of fused-ring (bicyclic) bond motifs is 2. The monoisotopic (exact) mass is 954 g/mol. The highest BCUT2D eigenvalue weighted by Crippen LogP contribution is 2.42. The predicted octanol–water partition coefficient (Wildman–Crippen LogP) is 3.26. The van der Waals surface area contributed by atoms with Crippen molar-refractivity contribution in [2.45, 2.75) is 76.3 Å². The number of ether oxygens (including phenoxy) is 6. The fourth-order valence-corrected chi connectivity index (χ4v) is 9.75. The Balaban J connectivity index is 0.00000476. The van der Waals surface area contributed by atoms with Crippen LogP contribution in [0.4, 0.5) is 8.78 Å². The van der Waals surface area contributed by atoms with Gasteiger partial charge < -0.3 is 62.2 Å². The zero-order valence-corrected chi connectivity index (χ0v) is 40.7. The summed E-state index contributed by atoms with van der Waals surface area (Å²) in [5.41, 5.74) is 6.64. The van der Waals surface area contributed by atoms with E-state index in [9.17, 15) is 18.4 Å². The van der Waals surface area contributed by atoms with Gasteiger partial charge in [-0.2, -0.15) is 0 Å². The van der Waals surface area contributed by atoms with E-state index < -0.39 is 0 Å². The van der Waals surface area contributed by atoms with Crippen molar-refractivity contribution in [3.8, 4) is 23.0 Å². The average molecular weight is 956 g/mol. The van der Waals surface area contributed by atoms with Gasteiger partial charge in [-0.15, -0.1) is 0 Å². The Labute approximate surface area is 402 Å². The maximum absolute atomic E-state index is 14.1. The molecule has 0 saturated heterocycles. The molecule has 6 rings (SSSR count). The molecule has 4 atom stereocenters. The minimum atomic E-state index is -0.246. The normalized spacial score (nSPS) is 19.6. The first kappa shape index (κ1) is 53.7. The van der Waals surface area contributed by atoms with Crippen molar-refractivity contribution in [3.05, 3.63) is 130 Å². The van der Waals surface area contributed by atoms with Gasteiger partial charge in [-0.3, -0.25) is 9.59 Å². The number of rotatable bonds is 22. The summed E-state index contributed by atoms with van der Waals surface area (Å²) >= 11 is 0. The van der Waals surface area contributed by atoms with Gasteiger partial charge in [0.1, 0.15) is 24.7 Å². The van der Waals surface area contributed by atoms with E-state index in [2.05, 4.69) is 38.4 Å². The fraction of sp³-hybridized carbons (Fsp3) is 0.462. The first-order valence-electron chi connectivity index (χ1n) is 22.4. The molecule has 360 valence electrons. The molecule has 2 aliphatic rings. The maximum Gasteiger partial charge on any atom is 0.306 e. The summed E-state index contributed by atoms with van der Waals surface area (Å²) in [4.78, 5) is 25.2. The number of quaternary nitrogens is 2. The van der Waals surface area contributed by atoms with Gasteiger partial charge in [-0.05, 0) is 96.5 Å². The van der Waals surface area contributed by atoms with E-state index in [0.717, 1.165) is 59.4 Å². The van der Waals surface area contributed by atoms with E-state index >= 15 is 0 Å². The number of halogens is 4. The van der Waals surface area contributed by atoms with Gasteiger partial charge in [0.05, 0.1) is 81.9 Å². The van der Waals surface area contributed by atoms with E-state index in [-0.39, 0.29) is 73.1 Å². The zero-order valence-electron chi connectivity index (χ0n) is 39.2. The van der Waals surface area contributed by atoms with Gasteiger partial charge in [0.25, 0.3) is 0 Å². The molecule has 0 radical (unpaired) electrons. The van der Waals surface area contributed by atoms with Crippen molar-refractivity contribution in [1.82, 2.24) is 0 Å². The van der Waals surface area contributed by atoms with Crippen LogP contribution in [-0.2, 0) is 45.0 Å². The number of nitrogens with zero attached hydrogens (tertiary/aromatic N) is 2. The number of esters is 2. The number of hydrogen-bond acceptors (Lipinski definition) is 8. The molecule has 2 aliphatic heterocycles. The fourth-order valence-electron chi connectivity index (χ4n) is 9.75. The lowest BCUT2D eigenvalue weighted by molar-refractivity contribution is -0.926. The summed E-state index contributed by atoms with van der Waals surface area (Å²) in [6, 6.07) is 21.8. The summed E-state index contributed by atoms with van der Waals surface area (Å²) < 4.78 is 63.5. The standard InChI is InChI=1S/C52H66F2N2O8.2ClH/c1-55(33-39(25-37-15-11-17-43(53)27-37)45-31-49(61-5)47(59-3)29-41(45)35-55)21-13-23-63-51(57)19-9-7-8-10-20-52(58)64-24-14-22-56(2)34-40(26-38-16-12-18-44(54)28-38)46-32-50(62-6)48(60-4)30-42(46)36-56;;/h7-8,11-12,15-18,27-32,39-40H,9-10,13-14,19-26,33-36H2,1-6H3;2*1H/q+2;;/p-2/b8-7+;;/t39-,40+,55-,56+;;. The van der Waals surface area contributed by atoms with Crippen molar-refractivity contribution >= 4 is 11.9 Å². The van der Waals surface area contributed by atoms with Gasteiger partial charge in [-0.1, -0.05) is 36.4 Å². The van der Waals surface area contributed by atoms with Crippen LogP contribution in [0.25, 0.3) is 0 Å². The van der Waals surface area contributed by atoms with E-state index in [1.54, 1.807) is 52.7 Å². The highest BCUT2D eigenvalue weighted by Gasteiger charge is 2.38. The second kappa shape index (κ2) is 25.3. The van der Waals surface area contributed by atoms with Gasteiger partial charge in [0, 0.05) is 48.6 Å². The average Bonchev–Trinajstić information content (AvgIpc) is 3.27. The minimum absolute atomic E-state index is 0. The van der Waals surface area contributed by atoms with Crippen LogP contribution in [0.5, 0.6) is 23.0 Å². The van der Waals surface area contributed by atoms with Crippen LogP contribution in [-0.4, -0.2) is 103 Å². The van der Waals surface area contributed by atoms with E-state index in [0.29, 0.717) is 74.7 Å². The molecule has 10 nitrogen and oxygen atoms in total. The summed E-state index contributed by atoms with van der Waals surface area (Å²) in [7, 11) is 11.0. The Morgan fingerprint density at radius 1 is 0.591 bits per heavy atom. The minimum Gasteiger partial charge on any atom is -1.00 e. The van der Waals surface area contributed by atoms with Crippen LogP contribution in [0.1, 0.15) is 83.7 Å².